The van der Waals surface area contributed by atoms with Gasteiger partial charge in [-0.3, -0.25) is 14.5 Å². The van der Waals surface area contributed by atoms with Crippen LogP contribution in [0.2, 0.25) is 0 Å². The number of rotatable bonds is 3. The molecule has 3 heterocycles. The number of nitrogens with zero attached hydrogens (tertiary/aromatic N) is 3. The lowest BCUT2D eigenvalue weighted by Crippen LogP contribution is -2.56. The number of carbonyl (C=O) groups excluding carboxylic acids is 2. The number of amides is 2. The van der Waals surface area contributed by atoms with Crippen LogP contribution in [0.3, 0.4) is 0 Å². The Balaban J connectivity index is 1.36. The van der Waals surface area contributed by atoms with Gasteiger partial charge in [-0.1, -0.05) is 26.7 Å². The first kappa shape index (κ1) is 19.7. The van der Waals surface area contributed by atoms with E-state index < -0.39 is 5.41 Å². The Bertz CT molecular complexity index is 941. The van der Waals surface area contributed by atoms with Crippen molar-refractivity contribution in [2.75, 3.05) is 11.4 Å². The molecule has 1 spiro atoms. The standard InChI is InChI=1S/C25H34N4O2/c1-15-16-7-8-24(15,2)18(11-16)12-20-27-14-17-13-25(9-10-26-22(25)30)23(31)29(21(17)28-20)19-5-3-4-6-19/h14-16,18-19H,3-13H2,1-2H3,(H,26,30)/t15?,16?,18?,24?,25-/m1/s1. The van der Waals surface area contributed by atoms with Crippen LogP contribution in [0.1, 0.15) is 76.6 Å². The van der Waals surface area contributed by atoms with Gasteiger partial charge in [-0.05, 0) is 61.7 Å². The summed E-state index contributed by atoms with van der Waals surface area (Å²) in [5.41, 5.74) is 0.421. The third-order valence-electron chi connectivity index (χ3n) is 9.95. The van der Waals surface area contributed by atoms with Crippen LogP contribution in [0.15, 0.2) is 6.20 Å². The van der Waals surface area contributed by atoms with Gasteiger partial charge < -0.3 is 5.32 Å². The number of hydrogen-bond acceptors (Lipinski definition) is 4. The van der Waals surface area contributed by atoms with E-state index in [4.69, 9.17) is 9.97 Å². The smallest absolute Gasteiger partial charge is 0.244 e. The number of nitrogens with one attached hydrogen (secondary N) is 1. The van der Waals surface area contributed by atoms with Crippen LogP contribution in [-0.4, -0.2) is 34.4 Å². The highest BCUT2D eigenvalue weighted by atomic mass is 16.2. The van der Waals surface area contributed by atoms with Gasteiger partial charge >= 0.3 is 0 Å². The molecule has 2 amide bonds. The zero-order valence-corrected chi connectivity index (χ0v) is 18.8. The molecule has 1 aromatic heterocycles. The van der Waals surface area contributed by atoms with E-state index >= 15 is 0 Å². The van der Waals surface area contributed by atoms with Crippen molar-refractivity contribution in [1.29, 1.82) is 0 Å². The van der Waals surface area contributed by atoms with E-state index in [1.807, 2.05) is 11.1 Å². The maximum absolute atomic E-state index is 13.8. The largest absolute Gasteiger partial charge is 0.355 e. The first-order chi connectivity index (χ1) is 14.9. The first-order valence-electron chi connectivity index (χ1n) is 12.4. The summed E-state index contributed by atoms with van der Waals surface area (Å²) >= 11 is 0. The third kappa shape index (κ3) is 2.69. The molecule has 3 saturated carbocycles. The van der Waals surface area contributed by atoms with Crippen molar-refractivity contribution in [3.05, 3.63) is 17.6 Å². The van der Waals surface area contributed by atoms with Crippen molar-refractivity contribution < 1.29 is 9.59 Å². The molecule has 166 valence electrons. The second-order valence-electron chi connectivity index (χ2n) is 11.2. The number of anilines is 1. The molecule has 6 rings (SSSR count). The molecule has 6 heteroatoms. The van der Waals surface area contributed by atoms with E-state index in [9.17, 15) is 9.59 Å². The number of aromatic nitrogens is 2. The molecule has 6 nitrogen and oxygen atoms in total. The van der Waals surface area contributed by atoms with Crippen LogP contribution in [-0.2, 0) is 22.4 Å². The number of hydrogen-bond donors (Lipinski definition) is 1. The average Bonchev–Trinajstić information content (AvgIpc) is 3.51. The highest BCUT2D eigenvalue weighted by Crippen LogP contribution is 2.61. The highest BCUT2D eigenvalue weighted by molar-refractivity contribution is 6.14. The van der Waals surface area contributed by atoms with Gasteiger partial charge in [0.25, 0.3) is 0 Å². The normalized spacial score (nSPS) is 39.5. The summed E-state index contributed by atoms with van der Waals surface area (Å²) in [6, 6.07) is 0.166. The number of fused-ring (bicyclic) bond motifs is 3. The minimum atomic E-state index is -0.950. The van der Waals surface area contributed by atoms with E-state index in [0.29, 0.717) is 30.7 Å². The van der Waals surface area contributed by atoms with Crippen molar-refractivity contribution in [2.45, 2.75) is 84.1 Å². The predicted molar refractivity (Wildman–Crippen MR) is 117 cm³/mol. The minimum Gasteiger partial charge on any atom is -0.355 e. The fourth-order valence-corrected chi connectivity index (χ4v) is 7.72. The summed E-state index contributed by atoms with van der Waals surface area (Å²) in [5.74, 6) is 3.81. The summed E-state index contributed by atoms with van der Waals surface area (Å²) in [6.45, 7) is 5.47. The van der Waals surface area contributed by atoms with E-state index in [1.54, 1.807) is 0 Å². The van der Waals surface area contributed by atoms with E-state index in [2.05, 4.69) is 19.2 Å². The van der Waals surface area contributed by atoms with Crippen molar-refractivity contribution in [2.24, 2.45) is 28.6 Å². The van der Waals surface area contributed by atoms with Gasteiger partial charge in [-0.25, -0.2) is 9.97 Å². The topological polar surface area (TPSA) is 75.2 Å². The van der Waals surface area contributed by atoms with Gasteiger partial charge in [0.2, 0.25) is 11.8 Å². The van der Waals surface area contributed by atoms with Crippen molar-refractivity contribution in [1.82, 2.24) is 15.3 Å². The highest BCUT2D eigenvalue weighted by Gasteiger charge is 2.57. The van der Waals surface area contributed by atoms with E-state index in [1.165, 1.54) is 19.3 Å². The molecule has 1 saturated heterocycles. The Kier molecular flexibility index (Phi) is 4.29. The fourth-order valence-electron chi connectivity index (χ4n) is 7.72. The molecule has 1 N–H and O–H groups in total. The van der Waals surface area contributed by atoms with E-state index in [-0.39, 0.29) is 17.9 Å². The molecule has 2 aliphatic heterocycles. The van der Waals surface area contributed by atoms with Gasteiger partial charge in [-0.15, -0.1) is 0 Å². The van der Waals surface area contributed by atoms with Crippen LogP contribution in [0.4, 0.5) is 5.82 Å². The third-order valence-corrected chi connectivity index (χ3v) is 9.95. The lowest BCUT2D eigenvalue weighted by Gasteiger charge is -2.41. The average molecular weight is 423 g/mol. The van der Waals surface area contributed by atoms with Gasteiger partial charge in [0, 0.05) is 37.2 Å². The molecule has 4 unspecified atom stereocenters. The maximum atomic E-state index is 13.8. The molecule has 4 fully saturated rings. The summed E-state index contributed by atoms with van der Waals surface area (Å²) in [7, 11) is 0. The number of carbonyl (C=O) groups is 2. The Labute approximate surface area is 184 Å². The summed E-state index contributed by atoms with van der Waals surface area (Å²) in [6.07, 6.45) is 12.1. The molecule has 5 atom stereocenters. The SMILES string of the molecule is CC1C2CCC1(C)C(Cc1ncc3c(n1)N(C1CCCC1)C(=O)[C@]1(CCNC1=O)C3)C2. The van der Waals surface area contributed by atoms with Gasteiger partial charge in [0.15, 0.2) is 0 Å². The van der Waals surface area contributed by atoms with E-state index in [0.717, 1.165) is 61.1 Å². The second-order valence-corrected chi connectivity index (χ2v) is 11.2. The molecule has 3 aliphatic carbocycles. The van der Waals surface area contributed by atoms with Gasteiger partial charge in [0.05, 0.1) is 0 Å². The summed E-state index contributed by atoms with van der Waals surface area (Å²) in [4.78, 5) is 38.3. The molecular weight excluding hydrogens is 388 g/mol. The lowest BCUT2D eigenvalue weighted by molar-refractivity contribution is -0.140. The Hall–Kier alpha value is -1.98. The molecule has 0 radical (unpaired) electrons. The molecule has 5 aliphatic rings. The van der Waals surface area contributed by atoms with Gasteiger partial charge in [0.1, 0.15) is 17.1 Å². The fraction of sp³-hybridized carbons (Fsp3) is 0.760. The zero-order chi connectivity index (χ0) is 21.4. The zero-order valence-electron chi connectivity index (χ0n) is 18.8. The molecular formula is C25H34N4O2. The van der Waals surface area contributed by atoms with Crippen LogP contribution < -0.4 is 10.2 Å². The summed E-state index contributed by atoms with van der Waals surface area (Å²) in [5, 5.41) is 2.91. The second kappa shape index (κ2) is 6.76. The van der Waals surface area contributed by atoms with Crippen LogP contribution >= 0.6 is 0 Å². The van der Waals surface area contributed by atoms with Crippen molar-refractivity contribution in [3.63, 3.8) is 0 Å². The minimum absolute atomic E-state index is 0.0212. The predicted octanol–water partition coefficient (Wildman–Crippen LogP) is 3.43. The monoisotopic (exact) mass is 422 g/mol. The van der Waals surface area contributed by atoms with Crippen molar-refractivity contribution in [3.8, 4) is 0 Å². The van der Waals surface area contributed by atoms with Crippen molar-refractivity contribution >= 4 is 17.6 Å². The molecule has 31 heavy (non-hydrogen) atoms. The lowest BCUT2D eigenvalue weighted by atomic mass is 9.72. The first-order valence-corrected chi connectivity index (χ1v) is 12.4. The molecule has 1 aromatic rings. The van der Waals surface area contributed by atoms with Crippen LogP contribution in [0.5, 0.6) is 0 Å². The molecule has 0 aromatic carbocycles. The Morgan fingerprint density at radius 1 is 1.19 bits per heavy atom. The Morgan fingerprint density at radius 3 is 2.65 bits per heavy atom. The Morgan fingerprint density at radius 2 is 2.00 bits per heavy atom. The van der Waals surface area contributed by atoms with Gasteiger partial charge in [-0.2, -0.15) is 0 Å². The summed E-state index contributed by atoms with van der Waals surface area (Å²) < 4.78 is 0. The quantitative estimate of drug-likeness (QED) is 0.758. The maximum Gasteiger partial charge on any atom is 0.244 e. The molecule has 2 bridgehead atoms. The van der Waals surface area contributed by atoms with Crippen LogP contribution in [0, 0.1) is 28.6 Å². The van der Waals surface area contributed by atoms with Crippen LogP contribution in [0.25, 0.3) is 0 Å².